The zero-order chi connectivity index (χ0) is 19.2. The standard InChI is InChI=1S/C22H39NO4/c1-2-27-22(26)20-11-12-23(19-9-5-17(15-25)6-10-19)13-21(20)18-7-3-16(14-24)4-8-18/h16-21,24-25H,2-15H2,1H3. The first-order valence-corrected chi connectivity index (χ1v) is 11.3. The highest BCUT2D eigenvalue weighted by atomic mass is 16.5. The Bertz CT molecular complexity index is 455. The Kier molecular flexibility index (Phi) is 7.97. The van der Waals surface area contributed by atoms with Crippen LogP contribution in [0.5, 0.6) is 0 Å². The summed E-state index contributed by atoms with van der Waals surface area (Å²) < 4.78 is 5.43. The molecule has 2 aliphatic carbocycles. The van der Waals surface area contributed by atoms with Crippen molar-refractivity contribution in [2.75, 3.05) is 32.9 Å². The van der Waals surface area contributed by atoms with Gasteiger partial charge < -0.3 is 19.8 Å². The minimum absolute atomic E-state index is 0.00965. The van der Waals surface area contributed by atoms with Crippen LogP contribution in [0.15, 0.2) is 0 Å². The number of carbonyl (C=O) groups excluding carboxylic acids is 1. The molecule has 3 rings (SSSR count). The molecule has 0 radical (unpaired) electrons. The van der Waals surface area contributed by atoms with Gasteiger partial charge in [-0.2, -0.15) is 0 Å². The summed E-state index contributed by atoms with van der Waals surface area (Å²) in [6.07, 6.45) is 10.00. The molecule has 27 heavy (non-hydrogen) atoms. The van der Waals surface area contributed by atoms with Crippen molar-refractivity contribution < 1.29 is 19.7 Å². The summed E-state index contributed by atoms with van der Waals surface area (Å²) in [6.45, 7) is 5.02. The molecule has 0 aromatic rings. The van der Waals surface area contributed by atoms with Gasteiger partial charge in [0, 0.05) is 25.8 Å². The SMILES string of the molecule is CCOC(=O)C1CCN(C2CCC(CO)CC2)CC1C1CCC(CO)CC1. The Morgan fingerprint density at radius 3 is 2.07 bits per heavy atom. The quantitative estimate of drug-likeness (QED) is 0.693. The average Bonchev–Trinajstić information content (AvgIpc) is 2.73. The van der Waals surface area contributed by atoms with Gasteiger partial charge in [-0.15, -0.1) is 0 Å². The van der Waals surface area contributed by atoms with E-state index < -0.39 is 0 Å². The third-order valence-corrected chi connectivity index (χ3v) is 7.62. The molecular formula is C22H39NO4. The molecular weight excluding hydrogens is 342 g/mol. The number of aliphatic hydroxyl groups excluding tert-OH is 2. The van der Waals surface area contributed by atoms with Gasteiger partial charge in [0.05, 0.1) is 12.5 Å². The molecule has 0 aromatic heterocycles. The van der Waals surface area contributed by atoms with E-state index in [9.17, 15) is 15.0 Å². The Labute approximate surface area is 164 Å². The van der Waals surface area contributed by atoms with Crippen LogP contribution in [-0.2, 0) is 9.53 Å². The maximum Gasteiger partial charge on any atom is 0.309 e. The molecule has 2 atom stereocenters. The lowest BCUT2D eigenvalue weighted by atomic mass is 9.69. The van der Waals surface area contributed by atoms with Crippen LogP contribution in [0.1, 0.15) is 64.7 Å². The van der Waals surface area contributed by atoms with Gasteiger partial charge in [-0.05, 0) is 94.9 Å². The van der Waals surface area contributed by atoms with E-state index in [0.29, 0.717) is 49.5 Å². The molecule has 3 aliphatic rings. The third kappa shape index (κ3) is 5.24. The van der Waals surface area contributed by atoms with Crippen LogP contribution in [0.25, 0.3) is 0 Å². The highest BCUT2D eigenvalue weighted by Crippen LogP contribution is 2.41. The second-order valence-corrected chi connectivity index (χ2v) is 9.13. The number of aliphatic hydroxyl groups is 2. The second-order valence-electron chi connectivity index (χ2n) is 9.13. The molecule has 0 spiro atoms. The summed E-state index contributed by atoms with van der Waals surface area (Å²) >= 11 is 0. The van der Waals surface area contributed by atoms with E-state index >= 15 is 0 Å². The van der Waals surface area contributed by atoms with Gasteiger partial charge in [-0.1, -0.05) is 0 Å². The van der Waals surface area contributed by atoms with Gasteiger partial charge in [-0.25, -0.2) is 0 Å². The predicted molar refractivity (Wildman–Crippen MR) is 105 cm³/mol. The van der Waals surface area contributed by atoms with Gasteiger partial charge in [0.25, 0.3) is 0 Å². The van der Waals surface area contributed by atoms with Crippen molar-refractivity contribution >= 4 is 5.97 Å². The maximum absolute atomic E-state index is 12.6. The second kappa shape index (κ2) is 10.2. The minimum Gasteiger partial charge on any atom is -0.466 e. The number of hydrogen-bond acceptors (Lipinski definition) is 5. The van der Waals surface area contributed by atoms with Crippen molar-refractivity contribution in [3.8, 4) is 0 Å². The molecule has 0 bridgehead atoms. The zero-order valence-electron chi connectivity index (χ0n) is 17.0. The fourth-order valence-electron chi connectivity index (χ4n) is 5.85. The first-order valence-electron chi connectivity index (χ1n) is 11.3. The lowest BCUT2D eigenvalue weighted by Crippen LogP contribution is -2.51. The van der Waals surface area contributed by atoms with Crippen LogP contribution in [0.4, 0.5) is 0 Å². The summed E-state index contributed by atoms with van der Waals surface area (Å²) in [7, 11) is 0. The van der Waals surface area contributed by atoms with Gasteiger partial charge >= 0.3 is 5.97 Å². The summed E-state index contributed by atoms with van der Waals surface area (Å²) in [6, 6.07) is 0.618. The van der Waals surface area contributed by atoms with Crippen LogP contribution in [0.3, 0.4) is 0 Å². The highest BCUT2D eigenvalue weighted by Gasteiger charge is 2.42. The number of carbonyl (C=O) groups is 1. The van der Waals surface area contributed by atoms with Crippen LogP contribution >= 0.6 is 0 Å². The molecule has 1 saturated heterocycles. The van der Waals surface area contributed by atoms with E-state index in [2.05, 4.69) is 4.90 Å². The Morgan fingerprint density at radius 1 is 0.926 bits per heavy atom. The number of hydrogen-bond donors (Lipinski definition) is 2. The van der Waals surface area contributed by atoms with Gasteiger partial charge in [0.15, 0.2) is 0 Å². The molecule has 2 saturated carbocycles. The summed E-state index contributed by atoms with van der Waals surface area (Å²) in [5, 5.41) is 18.9. The Hall–Kier alpha value is -0.650. The number of nitrogens with zero attached hydrogens (tertiary/aromatic N) is 1. The van der Waals surface area contributed by atoms with E-state index in [0.717, 1.165) is 58.0 Å². The molecule has 0 aromatic carbocycles. The van der Waals surface area contributed by atoms with E-state index in [1.165, 1.54) is 12.8 Å². The maximum atomic E-state index is 12.6. The monoisotopic (exact) mass is 381 g/mol. The number of piperidine rings is 1. The van der Waals surface area contributed by atoms with Gasteiger partial charge in [0.2, 0.25) is 0 Å². The van der Waals surface area contributed by atoms with Crippen molar-refractivity contribution in [3.63, 3.8) is 0 Å². The first-order chi connectivity index (χ1) is 13.2. The molecule has 3 fully saturated rings. The van der Waals surface area contributed by atoms with Crippen molar-refractivity contribution in [3.05, 3.63) is 0 Å². The van der Waals surface area contributed by atoms with Crippen molar-refractivity contribution in [2.24, 2.45) is 29.6 Å². The number of likely N-dealkylation sites (tertiary alicyclic amines) is 1. The first kappa shape index (κ1) is 21.1. The van der Waals surface area contributed by atoms with E-state index in [4.69, 9.17) is 4.74 Å². The van der Waals surface area contributed by atoms with E-state index in [1.807, 2.05) is 6.92 Å². The summed E-state index contributed by atoms with van der Waals surface area (Å²) in [5.41, 5.74) is 0. The molecule has 2 unspecified atom stereocenters. The van der Waals surface area contributed by atoms with Crippen LogP contribution in [-0.4, -0.2) is 60.0 Å². The lowest BCUT2D eigenvalue weighted by Gasteiger charge is -2.47. The van der Waals surface area contributed by atoms with Crippen molar-refractivity contribution in [2.45, 2.75) is 70.8 Å². The fraction of sp³-hybridized carbons (Fsp3) is 0.955. The third-order valence-electron chi connectivity index (χ3n) is 7.62. The summed E-state index contributed by atoms with van der Waals surface area (Å²) in [4.78, 5) is 15.3. The van der Waals surface area contributed by atoms with Crippen LogP contribution in [0.2, 0.25) is 0 Å². The van der Waals surface area contributed by atoms with Crippen molar-refractivity contribution in [1.29, 1.82) is 0 Å². The summed E-state index contributed by atoms with van der Waals surface area (Å²) in [5.74, 6) is 1.98. The molecule has 5 heteroatoms. The molecule has 1 heterocycles. The topological polar surface area (TPSA) is 70.0 Å². The molecule has 2 N–H and O–H groups in total. The van der Waals surface area contributed by atoms with Gasteiger partial charge in [0.1, 0.15) is 0 Å². The normalized spacial score (nSPS) is 38.5. The molecule has 0 amide bonds. The van der Waals surface area contributed by atoms with E-state index in [1.54, 1.807) is 0 Å². The largest absolute Gasteiger partial charge is 0.466 e. The Morgan fingerprint density at radius 2 is 1.52 bits per heavy atom. The van der Waals surface area contributed by atoms with Crippen LogP contribution in [0, 0.1) is 29.6 Å². The van der Waals surface area contributed by atoms with Crippen molar-refractivity contribution in [1.82, 2.24) is 4.90 Å². The molecule has 156 valence electrons. The van der Waals surface area contributed by atoms with Gasteiger partial charge in [-0.3, -0.25) is 4.79 Å². The van der Waals surface area contributed by atoms with E-state index in [-0.39, 0.29) is 11.9 Å². The number of rotatable bonds is 6. The zero-order valence-corrected chi connectivity index (χ0v) is 17.0. The molecule has 1 aliphatic heterocycles. The lowest BCUT2D eigenvalue weighted by molar-refractivity contribution is -0.154. The number of esters is 1. The minimum atomic E-state index is 0.00965. The Balaban J connectivity index is 1.64. The number of ether oxygens (including phenoxy) is 1. The smallest absolute Gasteiger partial charge is 0.309 e. The highest BCUT2D eigenvalue weighted by molar-refractivity contribution is 5.73. The fourth-order valence-corrected chi connectivity index (χ4v) is 5.85. The predicted octanol–water partition coefficient (Wildman–Crippen LogP) is 2.84. The van der Waals surface area contributed by atoms with Crippen LogP contribution < -0.4 is 0 Å². The molecule has 5 nitrogen and oxygen atoms in total. The average molecular weight is 382 g/mol.